The first-order chi connectivity index (χ1) is 10.6. The van der Waals surface area contributed by atoms with E-state index in [4.69, 9.17) is 0 Å². The molecule has 0 spiro atoms. The first kappa shape index (κ1) is 17.7. The van der Waals surface area contributed by atoms with Crippen LogP contribution in [0, 0.1) is 10.1 Å². The maximum Gasteiger partial charge on any atom is 0.292 e. The van der Waals surface area contributed by atoms with Gasteiger partial charge in [-0.1, -0.05) is 25.5 Å². The molecule has 7 heteroatoms. The number of para-hydroxylation sites is 2. The Morgan fingerprint density at radius 2 is 2.09 bits per heavy atom. The van der Waals surface area contributed by atoms with Gasteiger partial charge in [0.1, 0.15) is 5.69 Å². The van der Waals surface area contributed by atoms with Crippen LogP contribution < -0.4 is 10.6 Å². The number of nitro groups is 1. The van der Waals surface area contributed by atoms with Crippen LogP contribution in [0.3, 0.4) is 0 Å². The van der Waals surface area contributed by atoms with Crippen molar-refractivity contribution in [1.82, 2.24) is 10.2 Å². The van der Waals surface area contributed by atoms with E-state index in [1.165, 1.54) is 6.07 Å². The molecule has 122 valence electrons. The number of guanidine groups is 1. The fourth-order valence-corrected chi connectivity index (χ4v) is 2.04. The van der Waals surface area contributed by atoms with Gasteiger partial charge in [0.05, 0.1) is 4.92 Å². The van der Waals surface area contributed by atoms with Gasteiger partial charge in [-0.2, -0.15) is 0 Å². The summed E-state index contributed by atoms with van der Waals surface area (Å²) in [5, 5.41) is 17.2. The number of anilines is 1. The normalized spacial score (nSPS) is 11.1. The lowest BCUT2D eigenvalue weighted by molar-refractivity contribution is -0.384. The van der Waals surface area contributed by atoms with Crippen molar-refractivity contribution in [1.29, 1.82) is 0 Å². The van der Waals surface area contributed by atoms with Gasteiger partial charge in [0.15, 0.2) is 5.96 Å². The van der Waals surface area contributed by atoms with Crippen LogP contribution in [0.1, 0.15) is 19.8 Å². The number of unbranched alkanes of at least 4 members (excludes halogenated alkanes) is 1. The molecular weight excluding hydrogens is 282 g/mol. The number of aliphatic imine (C=N–C) groups is 1. The Balaban J connectivity index is 2.43. The molecule has 22 heavy (non-hydrogen) atoms. The number of rotatable bonds is 8. The summed E-state index contributed by atoms with van der Waals surface area (Å²) in [7, 11) is 3.75. The fraction of sp³-hybridized carbons (Fsp3) is 0.533. The summed E-state index contributed by atoms with van der Waals surface area (Å²) >= 11 is 0. The van der Waals surface area contributed by atoms with E-state index in [1.54, 1.807) is 25.2 Å². The van der Waals surface area contributed by atoms with Crippen molar-refractivity contribution in [3.8, 4) is 0 Å². The number of hydrogen-bond donors (Lipinski definition) is 2. The zero-order chi connectivity index (χ0) is 16.4. The minimum Gasteiger partial charge on any atom is -0.378 e. The van der Waals surface area contributed by atoms with Gasteiger partial charge in [0, 0.05) is 39.8 Å². The molecule has 0 amide bonds. The third-order valence-corrected chi connectivity index (χ3v) is 3.24. The molecule has 0 aliphatic heterocycles. The van der Waals surface area contributed by atoms with Crippen LogP contribution in [-0.2, 0) is 0 Å². The minimum absolute atomic E-state index is 0.0898. The molecule has 0 bridgehead atoms. The molecule has 0 radical (unpaired) electrons. The minimum atomic E-state index is -0.382. The van der Waals surface area contributed by atoms with Crippen molar-refractivity contribution in [3.05, 3.63) is 34.4 Å². The zero-order valence-electron chi connectivity index (χ0n) is 13.5. The van der Waals surface area contributed by atoms with Crippen LogP contribution in [-0.4, -0.2) is 49.5 Å². The smallest absolute Gasteiger partial charge is 0.292 e. The van der Waals surface area contributed by atoms with E-state index in [9.17, 15) is 10.1 Å². The van der Waals surface area contributed by atoms with Crippen LogP contribution in [0.25, 0.3) is 0 Å². The molecule has 7 nitrogen and oxygen atoms in total. The second-order valence-corrected chi connectivity index (χ2v) is 4.95. The van der Waals surface area contributed by atoms with Crippen molar-refractivity contribution >= 4 is 17.3 Å². The van der Waals surface area contributed by atoms with Crippen LogP contribution in [0.5, 0.6) is 0 Å². The molecule has 0 heterocycles. The summed E-state index contributed by atoms with van der Waals surface area (Å²) in [4.78, 5) is 16.8. The average Bonchev–Trinajstić information content (AvgIpc) is 2.52. The van der Waals surface area contributed by atoms with Gasteiger partial charge < -0.3 is 15.5 Å². The van der Waals surface area contributed by atoms with Gasteiger partial charge in [-0.05, 0) is 12.5 Å². The first-order valence-corrected chi connectivity index (χ1v) is 7.49. The molecule has 0 saturated heterocycles. The van der Waals surface area contributed by atoms with Crippen molar-refractivity contribution < 1.29 is 4.92 Å². The highest BCUT2D eigenvalue weighted by Crippen LogP contribution is 2.22. The first-order valence-electron chi connectivity index (χ1n) is 7.49. The second kappa shape index (κ2) is 9.59. The van der Waals surface area contributed by atoms with E-state index in [2.05, 4.69) is 27.4 Å². The van der Waals surface area contributed by atoms with Crippen LogP contribution >= 0.6 is 0 Å². The van der Waals surface area contributed by atoms with Gasteiger partial charge in [0.25, 0.3) is 5.69 Å². The molecule has 0 atom stereocenters. The van der Waals surface area contributed by atoms with Crippen LogP contribution in [0.15, 0.2) is 29.3 Å². The van der Waals surface area contributed by atoms with Gasteiger partial charge in [-0.3, -0.25) is 15.1 Å². The average molecular weight is 307 g/mol. The van der Waals surface area contributed by atoms with Crippen molar-refractivity contribution in [2.24, 2.45) is 4.99 Å². The lowest BCUT2D eigenvalue weighted by atomic mass is 10.2. The highest BCUT2D eigenvalue weighted by molar-refractivity contribution is 5.79. The standard InChI is InChI=1S/C15H25N5O2/c1-4-5-12-19(3)15(16-2)18-11-10-17-13-8-6-7-9-14(13)20(21)22/h6-9,17H,4-5,10-12H2,1-3H3,(H,16,18). The SMILES string of the molecule is CCCCN(C)C(=NC)NCCNc1ccccc1[N+](=O)[O-]. The Labute approximate surface area is 131 Å². The molecular formula is C15H25N5O2. The van der Waals surface area contributed by atoms with Crippen molar-refractivity contribution in [2.75, 3.05) is 39.0 Å². The quantitative estimate of drug-likeness (QED) is 0.253. The lowest BCUT2D eigenvalue weighted by Crippen LogP contribution is -2.41. The Morgan fingerprint density at radius 3 is 2.73 bits per heavy atom. The topological polar surface area (TPSA) is 82.8 Å². The molecule has 0 aliphatic rings. The van der Waals surface area contributed by atoms with E-state index in [0.717, 1.165) is 25.3 Å². The highest BCUT2D eigenvalue weighted by Gasteiger charge is 2.11. The summed E-state index contributed by atoms with van der Waals surface area (Å²) in [6.45, 7) is 4.31. The number of benzene rings is 1. The number of nitrogens with zero attached hydrogens (tertiary/aromatic N) is 3. The predicted molar refractivity (Wildman–Crippen MR) is 90.5 cm³/mol. The summed E-state index contributed by atoms with van der Waals surface area (Å²) in [6, 6.07) is 6.64. The molecule has 1 aromatic rings. The number of nitrogens with one attached hydrogen (secondary N) is 2. The van der Waals surface area contributed by atoms with Crippen molar-refractivity contribution in [2.45, 2.75) is 19.8 Å². The summed E-state index contributed by atoms with van der Waals surface area (Å²) in [5.74, 6) is 0.831. The van der Waals surface area contributed by atoms with Crippen molar-refractivity contribution in [3.63, 3.8) is 0 Å². The molecule has 2 N–H and O–H groups in total. The van der Waals surface area contributed by atoms with Gasteiger partial charge in [-0.25, -0.2) is 0 Å². The van der Waals surface area contributed by atoms with Gasteiger partial charge in [0.2, 0.25) is 0 Å². The van der Waals surface area contributed by atoms with E-state index in [1.807, 2.05) is 7.05 Å². The van der Waals surface area contributed by atoms with E-state index in [-0.39, 0.29) is 10.6 Å². The predicted octanol–water partition coefficient (Wildman–Crippen LogP) is 2.31. The van der Waals surface area contributed by atoms with E-state index < -0.39 is 0 Å². The Hall–Kier alpha value is -2.31. The monoisotopic (exact) mass is 307 g/mol. The van der Waals surface area contributed by atoms with E-state index >= 15 is 0 Å². The fourth-order valence-electron chi connectivity index (χ4n) is 2.04. The maximum absolute atomic E-state index is 10.9. The largest absolute Gasteiger partial charge is 0.378 e. The Kier molecular flexibility index (Phi) is 7.74. The number of nitro benzene ring substituents is 1. The van der Waals surface area contributed by atoms with Crippen LogP contribution in [0.2, 0.25) is 0 Å². The maximum atomic E-state index is 10.9. The molecule has 1 aromatic carbocycles. The molecule has 0 fully saturated rings. The molecule has 0 unspecified atom stereocenters. The zero-order valence-corrected chi connectivity index (χ0v) is 13.5. The summed E-state index contributed by atoms with van der Waals surface area (Å²) < 4.78 is 0. The van der Waals surface area contributed by atoms with Crippen LogP contribution in [0.4, 0.5) is 11.4 Å². The molecule has 1 rings (SSSR count). The second-order valence-electron chi connectivity index (χ2n) is 4.95. The molecule has 0 saturated carbocycles. The third kappa shape index (κ3) is 5.59. The molecule has 0 aromatic heterocycles. The Morgan fingerprint density at radius 1 is 1.36 bits per heavy atom. The summed E-state index contributed by atoms with van der Waals surface area (Å²) in [5.41, 5.74) is 0.621. The summed E-state index contributed by atoms with van der Waals surface area (Å²) in [6.07, 6.45) is 2.26. The number of hydrogen-bond acceptors (Lipinski definition) is 4. The van der Waals surface area contributed by atoms with Gasteiger partial charge in [-0.15, -0.1) is 0 Å². The highest BCUT2D eigenvalue weighted by atomic mass is 16.6. The van der Waals surface area contributed by atoms with E-state index in [0.29, 0.717) is 18.8 Å². The lowest BCUT2D eigenvalue weighted by Gasteiger charge is -2.22. The Bertz CT molecular complexity index is 504. The molecule has 0 aliphatic carbocycles. The van der Waals surface area contributed by atoms with Gasteiger partial charge >= 0.3 is 0 Å². The third-order valence-electron chi connectivity index (χ3n) is 3.24.